The lowest BCUT2D eigenvalue weighted by Gasteiger charge is -2.29. The maximum atomic E-state index is 13.8. The Balaban J connectivity index is 1.41. The number of amides is 3. The van der Waals surface area contributed by atoms with E-state index < -0.39 is 36.3 Å². The third-order valence-corrected chi connectivity index (χ3v) is 8.78. The summed E-state index contributed by atoms with van der Waals surface area (Å²) in [6.07, 6.45) is 3.44. The van der Waals surface area contributed by atoms with E-state index in [0.29, 0.717) is 31.0 Å². The summed E-state index contributed by atoms with van der Waals surface area (Å²) in [6.45, 7) is 0.251. The molecular weight excluding hydrogens is 544 g/mol. The van der Waals surface area contributed by atoms with Crippen molar-refractivity contribution in [2.45, 2.75) is 44.2 Å². The van der Waals surface area contributed by atoms with Crippen molar-refractivity contribution < 1.29 is 29.0 Å². The zero-order valence-corrected chi connectivity index (χ0v) is 22.2. The van der Waals surface area contributed by atoms with Crippen molar-refractivity contribution in [3.8, 4) is 5.75 Å². The number of ether oxygens (including phenoxy) is 1. The molecule has 3 fully saturated rings. The van der Waals surface area contributed by atoms with Gasteiger partial charge in [0.05, 0.1) is 18.7 Å². The van der Waals surface area contributed by atoms with Crippen molar-refractivity contribution in [1.82, 2.24) is 20.5 Å². The van der Waals surface area contributed by atoms with E-state index in [1.165, 1.54) is 0 Å². The lowest BCUT2D eigenvalue weighted by molar-refractivity contribution is -0.133. The average molecular weight is 575 g/mol. The van der Waals surface area contributed by atoms with Crippen LogP contribution in [0, 0.1) is 17.8 Å². The Morgan fingerprint density at radius 3 is 2.78 bits per heavy atom. The molecule has 1 aliphatic carbocycles. The summed E-state index contributed by atoms with van der Waals surface area (Å²) in [4.78, 5) is 56.8. The van der Waals surface area contributed by atoms with Crippen LogP contribution in [0.15, 0.2) is 22.7 Å². The second-order valence-corrected chi connectivity index (χ2v) is 11.0. The molecule has 2 saturated heterocycles. The zero-order chi connectivity index (χ0) is 26.3. The van der Waals surface area contributed by atoms with Crippen LogP contribution in [0.3, 0.4) is 0 Å². The molecule has 0 bridgehead atoms. The normalized spacial score (nSPS) is 25.7. The molecule has 10 nitrogen and oxygen atoms in total. The second kappa shape index (κ2) is 10.4. The number of halogens is 1. The highest BCUT2D eigenvalue weighted by Gasteiger charge is 2.50. The van der Waals surface area contributed by atoms with Crippen LogP contribution >= 0.6 is 15.9 Å². The maximum absolute atomic E-state index is 13.8. The Morgan fingerprint density at radius 2 is 2.08 bits per heavy atom. The molecule has 4 N–H and O–H groups in total. The van der Waals surface area contributed by atoms with Crippen molar-refractivity contribution in [1.29, 1.82) is 0 Å². The number of likely N-dealkylation sites (tertiary alicyclic amines) is 1. The number of nitrogens with one attached hydrogen (secondary N) is 3. The lowest BCUT2D eigenvalue weighted by atomic mass is 9.92. The smallest absolute Gasteiger partial charge is 0.271 e. The van der Waals surface area contributed by atoms with E-state index in [1.54, 1.807) is 18.1 Å². The molecule has 0 radical (unpaired) electrons. The number of aromatic amines is 1. The highest BCUT2D eigenvalue weighted by atomic mass is 79.9. The average Bonchev–Trinajstić information content (AvgIpc) is 3.67. The fraction of sp³-hybridized carbons (Fsp3) is 0.538. The van der Waals surface area contributed by atoms with Crippen molar-refractivity contribution >= 4 is 50.3 Å². The van der Waals surface area contributed by atoms with Gasteiger partial charge in [-0.05, 0) is 71.6 Å². The zero-order valence-electron chi connectivity index (χ0n) is 20.6. The quantitative estimate of drug-likeness (QED) is 0.378. The van der Waals surface area contributed by atoms with Crippen molar-refractivity contribution in [3.05, 3.63) is 28.4 Å². The van der Waals surface area contributed by atoms with Crippen LogP contribution in [0.2, 0.25) is 0 Å². The van der Waals surface area contributed by atoms with Gasteiger partial charge in [-0.15, -0.1) is 0 Å². The van der Waals surface area contributed by atoms with Gasteiger partial charge in [-0.3, -0.25) is 19.2 Å². The summed E-state index contributed by atoms with van der Waals surface area (Å²) >= 11 is 3.51. The number of aliphatic hydroxyl groups excluding tert-OH is 1. The molecule has 3 amide bonds. The van der Waals surface area contributed by atoms with Gasteiger partial charge in [-0.25, -0.2) is 0 Å². The Labute approximate surface area is 222 Å². The fourth-order valence-electron chi connectivity index (χ4n) is 6.25. The first kappa shape index (κ1) is 25.7. The van der Waals surface area contributed by atoms with Gasteiger partial charge in [0.15, 0.2) is 5.78 Å². The molecule has 5 rings (SSSR count). The third kappa shape index (κ3) is 4.74. The number of rotatable bonds is 8. The number of carbonyl (C=O) groups excluding carboxylic acids is 4. The van der Waals surface area contributed by atoms with Crippen LogP contribution in [-0.2, 0) is 14.4 Å². The van der Waals surface area contributed by atoms with Crippen molar-refractivity contribution in [3.63, 3.8) is 0 Å². The van der Waals surface area contributed by atoms with E-state index in [-0.39, 0.29) is 30.1 Å². The fourth-order valence-corrected chi connectivity index (χ4v) is 6.70. The van der Waals surface area contributed by atoms with Gasteiger partial charge < -0.3 is 30.4 Å². The number of hydrogen-bond donors (Lipinski definition) is 4. The van der Waals surface area contributed by atoms with Crippen LogP contribution in [0.25, 0.3) is 10.9 Å². The molecule has 1 aromatic heterocycles. The summed E-state index contributed by atoms with van der Waals surface area (Å²) in [5.74, 6) is -0.975. The maximum Gasteiger partial charge on any atom is 0.271 e. The molecule has 1 aromatic carbocycles. The van der Waals surface area contributed by atoms with E-state index in [0.717, 1.165) is 34.6 Å². The van der Waals surface area contributed by atoms with Gasteiger partial charge in [0.25, 0.3) is 5.91 Å². The Kier molecular flexibility index (Phi) is 7.26. The number of Topliss-reactive ketones (excluding diaryl/α,β-unsaturated/α-hetero) is 1. The predicted molar refractivity (Wildman–Crippen MR) is 138 cm³/mol. The Hall–Kier alpha value is -2.92. The highest BCUT2D eigenvalue weighted by molar-refractivity contribution is 9.10. The number of carbonyl (C=O) groups is 4. The van der Waals surface area contributed by atoms with E-state index in [9.17, 15) is 24.3 Å². The van der Waals surface area contributed by atoms with Crippen LogP contribution in [-0.4, -0.2) is 77.4 Å². The van der Waals surface area contributed by atoms with Gasteiger partial charge in [-0.1, -0.05) is 6.42 Å². The van der Waals surface area contributed by atoms with Gasteiger partial charge in [0.1, 0.15) is 24.1 Å². The summed E-state index contributed by atoms with van der Waals surface area (Å²) < 4.78 is 6.24. The number of nitrogens with zero attached hydrogens (tertiary/aromatic N) is 1. The first-order valence-electron chi connectivity index (χ1n) is 12.7. The summed E-state index contributed by atoms with van der Waals surface area (Å²) in [7, 11) is 1.57. The van der Waals surface area contributed by atoms with Crippen molar-refractivity contribution in [2.75, 3.05) is 26.8 Å². The number of H-pyrrole nitrogens is 1. The molecule has 2 aliphatic heterocycles. The monoisotopic (exact) mass is 574 g/mol. The van der Waals surface area contributed by atoms with E-state index in [2.05, 4.69) is 31.5 Å². The van der Waals surface area contributed by atoms with Gasteiger partial charge >= 0.3 is 0 Å². The number of fused-ring (bicyclic) bond motifs is 2. The van der Waals surface area contributed by atoms with Gasteiger partial charge in [0, 0.05) is 28.9 Å². The van der Waals surface area contributed by atoms with Crippen LogP contribution in [0.4, 0.5) is 0 Å². The standard InChI is InChI=1S/C26H31BrN4O6/c1-37-21-6-5-17(27)22-16(21)10-19(29-22)26(36)31-11-14-3-2-4-15(14)23(31)25(35)30-18(20(33)12-32)9-13-7-8-28-24(13)34/h5-6,10,13-15,18,23,29,32H,2-4,7-9,11-12H2,1H3,(H,28,34)(H,30,35)/t13-,14-,15-,18-,23-/m0/s1. The molecule has 1 saturated carbocycles. The molecule has 198 valence electrons. The van der Waals surface area contributed by atoms with Crippen LogP contribution in [0.1, 0.15) is 42.6 Å². The highest BCUT2D eigenvalue weighted by Crippen LogP contribution is 2.43. The number of aliphatic hydroxyl groups is 1. The van der Waals surface area contributed by atoms with Crippen molar-refractivity contribution in [2.24, 2.45) is 17.8 Å². The molecule has 3 heterocycles. The first-order valence-corrected chi connectivity index (χ1v) is 13.5. The molecule has 5 atom stereocenters. The summed E-state index contributed by atoms with van der Waals surface area (Å²) in [5.41, 5.74) is 1.08. The molecule has 3 aliphatic rings. The van der Waals surface area contributed by atoms with E-state index >= 15 is 0 Å². The minimum atomic E-state index is -0.989. The molecule has 37 heavy (non-hydrogen) atoms. The van der Waals surface area contributed by atoms with E-state index in [4.69, 9.17) is 4.74 Å². The number of aromatic nitrogens is 1. The summed E-state index contributed by atoms with van der Waals surface area (Å²) in [6, 6.07) is 3.67. The third-order valence-electron chi connectivity index (χ3n) is 8.12. The van der Waals surface area contributed by atoms with Gasteiger partial charge in [0.2, 0.25) is 11.8 Å². The Bertz CT molecular complexity index is 1250. The molecule has 2 aromatic rings. The lowest BCUT2D eigenvalue weighted by Crippen LogP contribution is -2.53. The minimum absolute atomic E-state index is 0.00532. The number of benzene rings is 1. The number of ketones is 1. The minimum Gasteiger partial charge on any atom is -0.496 e. The SMILES string of the molecule is COc1ccc(Br)c2[nH]c(C(=O)N3C[C@@H]4CCC[C@@H]4[C@H]3C(=O)N[C@@H](C[C@@H]3CCNC3=O)C(=O)CO)cc12. The van der Waals surface area contributed by atoms with Crippen LogP contribution < -0.4 is 15.4 Å². The predicted octanol–water partition coefficient (Wildman–Crippen LogP) is 1.75. The summed E-state index contributed by atoms with van der Waals surface area (Å²) in [5, 5.41) is 15.8. The van der Waals surface area contributed by atoms with Crippen LogP contribution in [0.5, 0.6) is 5.75 Å². The first-order chi connectivity index (χ1) is 17.8. The molecule has 11 heteroatoms. The number of methoxy groups -OCH3 is 1. The molecule has 0 spiro atoms. The largest absolute Gasteiger partial charge is 0.496 e. The van der Waals surface area contributed by atoms with Gasteiger partial charge in [-0.2, -0.15) is 0 Å². The second-order valence-electron chi connectivity index (χ2n) is 10.2. The Morgan fingerprint density at radius 1 is 1.27 bits per heavy atom. The molecule has 0 unspecified atom stereocenters. The van der Waals surface area contributed by atoms with E-state index in [1.807, 2.05) is 12.1 Å². The molecular formula is C26H31BrN4O6. The number of hydrogen-bond acceptors (Lipinski definition) is 6. The topological polar surface area (TPSA) is 141 Å².